The van der Waals surface area contributed by atoms with Gasteiger partial charge in [0.1, 0.15) is 5.69 Å². The Morgan fingerprint density at radius 2 is 2.32 bits per heavy atom. The molecule has 2 heterocycles. The molecule has 0 bridgehead atoms. The first-order valence-electron chi connectivity index (χ1n) is 6.91. The average molecular weight is 264 g/mol. The van der Waals surface area contributed by atoms with E-state index in [2.05, 4.69) is 36.3 Å². The van der Waals surface area contributed by atoms with Crippen LogP contribution in [-0.4, -0.2) is 47.7 Å². The number of nitrogens with one attached hydrogen (secondary N) is 2. The maximum absolute atomic E-state index is 12.4. The predicted octanol–water partition coefficient (Wildman–Crippen LogP) is 1.39. The number of aromatic nitrogens is 2. The van der Waals surface area contributed by atoms with Crippen LogP contribution in [0.2, 0.25) is 0 Å². The van der Waals surface area contributed by atoms with Gasteiger partial charge in [0.05, 0.1) is 0 Å². The highest BCUT2D eigenvalue weighted by atomic mass is 16.2. The lowest BCUT2D eigenvalue weighted by atomic mass is 9.92. The van der Waals surface area contributed by atoms with Crippen LogP contribution in [0.4, 0.5) is 0 Å². The van der Waals surface area contributed by atoms with Crippen molar-refractivity contribution in [1.29, 1.82) is 0 Å². The summed E-state index contributed by atoms with van der Waals surface area (Å²) in [4.78, 5) is 14.3. The Morgan fingerprint density at radius 3 is 2.89 bits per heavy atom. The Bertz CT molecular complexity index is 447. The average Bonchev–Trinajstić information content (AvgIpc) is 2.96. The Kier molecular flexibility index (Phi) is 3.94. The normalized spacial score (nSPS) is 20.0. The quantitative estimate of drug-likeness (QED) is 0.867. The van der Waals surface area contributed by atoms with E-state index in [1.54, 1.807) is 0 Å². The minimum atomic E-state index is -0.00872. The van der Waals surface area contributed by atoms with Crippen molar-refractivity contribution < 1.29 is 4.79 Å². The van der Waals surface area contributed by atoms with Gasteiger partial charge < -0.3 is 10.2 Å². The Balaban J connectivity index is 2.03. The summed E-state index contributed by atoms with van der Waals surface area (Å²) in [7, 11) is 1.95. The van der Waals surface area contributed by atoms with Crippen molar-refractivity contribution in [2.24, 2.45) is 5.92 Å². The van der Waals surface area contributed by atoms with E-state index in [-0.39, 0.29) is 11.3 Å². The number of hydrogen-bond donors (Lipinski definition) is 2. The lowest BCUT2D eigenvalue weighted by Gasteiger charge is -2.16. The summed E-state index contributed by atoms with van der Waals surface area (Å²) in [5.41, 5.74) is 1.53. The highest BCUT2D eigenvalue weighted by molar-refractivity contribution is 5.92. The maximum Gasteiger partial charge on any atom is 0.274 e. The third kappa shape index (κ3) is 3.15. The fourth-order valence-corrected chi connectivity index (χ4v) is 2.45. The predicted molar refractivity (Wildman–Crippen MR) is 75.2 cm³/mol. The van der Waals surface area contributed by atoms with E-state index in [1.165, 1.54) is 0 Å². The highest BCUT2D eigenvalue weighted by Crippen LogP contribution is 2.22. The zero-order chi connectivity index (χ0) is 14.0. The first kappa shape index (κ1) is 14.1. The molecule has 0 aromatic carbocycles. The Hall–Kier alpha value is -1.36. The summed E-state index contributed by atoms with van der Waals surface area (Å²) in [6.45, 7) is 8.95. The van der Waals surface area contributed by atoms with Crippen LogP contribution in [0, 0.1) is 5.92 Å². The van der Waals surface area contributed by atoms with E-state index in [4.69, 9.17) is 0 Å². The Labute approximate surface area is 114 Å². The van der Waals surface area contributed by atoms with Gasteiger partial charge in [-0.2, -0.15) is 5.10 Å². The molecule has 1 aliphatic heterocycles. The van der Waals surface area contributed by atoms with Crippen LogP contribution < -0.4 is 5.32 Å². The number of amides is 1. The monoisotopic (exact) mass is 264 g/mol. The molecule has 1 fully saturated rings. The zero-order valence-corrected chi connectivity index (χ0v) is 12.3. The van der Waals surface area contributed by atoms with Gasteiger partial charge in [-0.15, -0.1) is 0 Å². The SMILES string of the molecule is CNCC1CCN(C(=O)c2cc(C(C)(C)C)[nH]n2)C1. The van der Waals surface area contributed by atoms with Crippen LogP contribution in [-0.2, 0) is 5.41 Å². The molecule has 2 rings (SSSR count). The maximum atomic E-state index is 12.4. The van der Waals surface area contributed by atoms with Gasteiger partial charge in [0.25, 0.3) is 5.91 Å². The van der Waals surface area contributed by atoms with Crippen LogP contribution in [0.15, 0.2) is 6.07 Å². The second kappa shape index (κ2) is 5.33. The van der Waals surface area contributed by atoms with E-state index in [1.807, 2.05) is 18.0 Å². The number of carbonyl (C=O) groups excluding carboxylic acids is 1. The van der Waals surface area contributed by atoms with Gasteiger partial charge in [-0.3, -0.25) is 9.89 Å². The summed E-state index contributed by atoms with van der Waals surface area (Å²) in [6, 6.07) is 1.88. The van der Waals surface area contributed by atoms with E-state index < -0.39 is 0 Å². The fourth-order valence-electron chi connectivity index (χ4n) is 2.45. The number of carbonyl (C=O) groups is 1. The standard InChI is InChI=1S/C14H24N4O/c1-14(2,3)12-7-11(16-17-12)13(19)18-6-5-10(9-18)8-15-4/h7,10,15H,5-6,8-9H2,1-4H3,(H,16,17). The molecular formula is C14H24N4O. The van der Waals surface area contributed by atoms with E-state index >= 15 is 0 Å². The largest absolute Gasteiger partial charge is 0.337 e. The molecule has 2 N–H and O–H groups in total. The number of hydrogen-bond acceptors (Lipinski definition) is 3. The molecule has 1 aliphatic rings. The molecule has 0 radical (unpaired) electrons. The molecule has 1 aromatic rings. The second-order valence-corrected chi connectivity index (χ2v) is 6.38. The van der Waals surface area contributed by atoms with Gasteiger partial charge in [0, 0.05) is 24.2 Å². The van der Waals surface area contributed by atoms with Crippen LogP contribution >= 0.6 is 0 Å². The van der Waals surface area contributed by atoms with Gasteiger partial charge >= 0.3 is 0 Å². The molecule has 1 unspecified atom stereocenters. The van der Waals surface area contributed by atoms with Crippen molar-refractivity contribution in [1.82, 2.24) is 20.4 Å². The molecule has 1 aromatic heterocycles. The number of rotatable bonds is 3. The molecule has 0 saturated carbocycles. The number of nitrogens with zero attached hydrogens (tertiary/aromatic N) is 2. The number of aromatic amines is 1. The summed E-state index contributed by atoms with van der Waals surface area (Å²) in [6.07, 6.45) is 1.07. The number of H-pyrrole nitrogens is 1. The fraction of sp³-hybridized carbons (Fsp3) is 0.714. The van der Waals surface area contributed by atoms with Gasteiger partial charge in [-0.1, -0.05) is 20.8 Å². The smallest absolute Gasteiger partial charge is 0.274 e. The van der Waals surface area contributed by atoms with E-state index in [0.29, 0.717) is 11.6 Å². The lowest BCUT2D eigenvalue weighted by molar-refractivity contribution is 0.0781. The van der Waals surface area contributed by atoms with Crippen molar-refractivity contribution in [3.05, 3.63) is 17.5 Å². The third-order valence-electron chi connectivity index (χ3n) is 3.67. The Morgan fingerprint density at radius 1 is 1.58 bits per heavy atom. The molecule has 19 heavy (non-hydrogen) atoms. The van der Waals surface area contributed by atoms with Gasteiger partial charge in [0.15, 0.2) is 0 Å². The summed E-state index contributed by atoms with van der Waals surface area (Å²) in [5.74, 6) is 0.611. The topological polar surface area (TPSA) is 61.0 Å². The number of likely N-dealkylation sites (tertiary alicyclic amines) is 1. The van der Waals surface area contributed by atoms with Crippen LogP contribution in [0.1, 0.15) is 43.4 Å². The lowest BCUT2D eigenvalue weighted by Crippen LogP contribution is -2.30. The minimum absolute atomic E-state index is 0.00872. The van der Waals surface area contributed by atoms with Gasteiger partial charge in [0.2, 0.25) is 0 Å². The second-order valence-electron chi connectivity index (χ2n) is 6.38. The molecule has 5 heteroatoms. The van der Waals surface area contributed by atoms with Gasteiger partial charge in [-0.05, 0) is 32.0 Å². The first-order chi connectivity index (χ1) is 8.91. The van der Waals surface area contributed by atoms with Crippen molar-refractivity contribution in [3.63, 3.8) is 0 Å². The van der Waals surface area contributed by atoms with Gasteiger partial charge in [-0.25, -0.2) is 0 Å². The van der Waals surface area contributed by atoms with Crippen LogP contribution in [0.3, 0.4) is 0 Å². The molecule has 1 atom stereocenters. The van der Waals surface area contributed by atoms with Crippen molar-refractivity contribution in [2.75, 3.05) is 26.7 Å². The third-order valence-corrected chi connectivity index (χ3v) is 3.67. The molecule has 0 spiro atoms. The summed E-state index contributed by atoms with van der Waals surface area (Å²) in [5, 5.41) is 10.3. The van der Waals surface area contributed by atoms with E-state index in [9.17, 15) is 4.79 Å². The first-order valence-corrected chi connectivity index (χ1v) is 6.91. The van der Waals surface area contributed by atoms with E-state index in [0.717, 1.165) is 31.7 Å². The summed E-state index contributed by atoms with van der Waals surface area (Å²) >= 11 is 0. The molecule has 106 valence electrons. The van der Waals surface area contributed by atoms with Crippen molar-refractivity contribution in [3.8, 4) is 0 Å². The van der Waals surface area contributed by atoms with Crippen LogP contribution in [0.25, 0.3) is 0 Å². The molecule has 1 saturated heterocycles. The molecular weight excluding hydrogens is 240 g/mol. The minimum Gasteiger partial charge on any atom is -0.337 e. The van der Waals surface area contributed by atoms with Crippen molar-refractivity contribution >= 4 is 5.91 Å². The highest BCUT2D eigenvalue weighted by Gasteiger charge is 2.28. The molecule has 1 amide bonds. The molecule has 0 aliphatic carbocycles. The van der Waals surface area contributed by atoms with Crippen molar-refractivity contribution in [2.45, 2.75) is 32.6 Å². The van der Waals surface area contributed by atoms with Crippen LogP contribution in [0.5, 0.6) is 0 Å². The molecule has 5 nitrogen and oxygen atoms in total. The summed E-state index contributed by atoms with van der Waals surface area (Å²) < 4.78 is 0. The zero-order valence-electron chi connectivity index (χ0n) is 12.3.